The van der Waals surface area contributed by atoms with Crippen molar-refractivity contribution in [3.63, 3.8) is 0 Å². The minimum atomic E-state index is -0.373. The Labute approximate surface area is 113 Å². The second kappa shape index (κ2) is 6.63. The second-order valence-corrected chi connectivity index (χ2v) is 4.93. The number of rotatable bonds is 5. The van der Waals surface area contributed by atoms with E-state index in [-0.39, 0.29) is 10.6 Å². The van der Waals surface area contributed by atoms with E-state index in [2.05, 4.69) is 12.2 Å². The number of nitro groups is 1. The van der Waals surface area contributed by atoms with Crippen LogP contribution < -0.4 is 5.32 Å². The van der Waals surface area contributed by atoms with Crippen LogP contribution in [0.25, 0.3) is 0 Å². The third-order valence-electron chi connectivity index (χ3n) is 3.56. The summed E-state index contributed by atoms with van der Waals surface area (Å²) in [4.78, 5) is 10.2. The molecule has 0 radical (unpaired) electrons. The summed E-state index contributed by atoms with van der Waals surface area (Å²) >= 11 is 0. The molecule has 5 nitrogen and oxygen atoms in total. The van der Waals surface area contributed by atoms with Crippen LogP contribution in [0.3, 0.4) is 0 Å². The van der Waals surface area contributed by atoms with Crippen molar-refractivity contribution in [1.82, 2.24) is 5.32 Å². The van der Waals surface area contributed by atoms with E-state index in [0.29, 0.717) is 12.1 Å². The molecule has 0 spiro atoms. The van der Waals surface area contributed by atoms with Crippen LogP contribution in [0.4, 0.5) is 5.69 Å². The molecule has 1 heterocycles. The van der Waals surface area contributed by atoms with Gasteiger partial charge in [-0.15, -0.1) is 0 Å². The quantitative estimate of drug-likeness (QED) is 0.656. The van der Waals surface area contributed by atoms with Crippen LogP contribution in [-0.4, -0.2) is 23.7 Å². The van der Waals surface area contributed by atoms with Gasteiger partial charge < -0.3 is 10.1 Å². The van der Waals surface area contributed by atoms with Gasteiger partial charge in [-0.25, -0.2) is 0 Å². The van der Waals surface area contributed by atoms with E-state index >= 15 is 0 Å². The van der Waals surface area contributed by atoms with E-state index in [0.717, 1.165) is 38.0 Å². The van der Waals surface area contributed by atoms with Crippen molar-refractivity contribution in [3.05, 3.63) is 39.9 Å². The number of benzene rings is 1. The maximum Gasteiger partial charge on any atom is 0.269 e. The molecule has 19 heavy (non-hydrogen) atoms. The summed E-state index contributed by atoms with van der Waals surface area (Å²) in [5, 5.41) is 14.1. The van der Waals surface area contributed by atoms with Crippen LogP contribution in [0.2, 0.25) is 0 Å². The predicted molar refractivity (Wildman–Crippen MR) is 73.0 cm³/mol. The topological polar surface area (TPSA) is 64.4 Å². The van der Waals surface area contributed by atoms with Gasteiger partial charge in [0.2, 0.25) is 0 Å². The summed E-state index contributed by atoms with van der Waals surface area (Å²) in [5.74, 6) is 0. The van der Waals surface area contributed by atoms with Crippen molar-refractivity contribution in [2.45, 2.75) is 44.9 Å². The number of nitro benzene ring substituents is 1. The smallest absolute Gasteiger partial charge is 0.269 e. The molecule has 2 rings (SSSR count). The van der Waals surface area contributed by atoms with Gasteiger partial charge >= 0.3 is 0 Å². The molecule has 104 valence electrons. The molecule has 1 N–H and O–H groups in total. The molecule has 1 fully saturated rings. The number of non-ortho nitro benzene ring substituents is 1. The minimum Gasteiger partial charge on any atom is -0.378 e. The molecule has 2 atom stereocenters. The van der Waals surface area contributed by atoms with Crippen LogP contribution >= 0.6 is 0 Å². The fraction of sp³-hybridized carbons (Fsp3) is 0.571. The van der Waals surface area contributed by atoms with Crippen LogP contribution in [0.1, 0.15) is 31.7 Å². The van der Waals surface area contributed by atoms with Gasteiger partial charge in [-0.2, -0.15) is 0 Å². The van der Waals surface area contributed by atoms with E-state index in [1.165, 1.54) is 0 Å². The molecule has 0 aliphatic carbocycles. The van der Waals surface area contributed by atoms with E-state index in [4.69, 9.17) is 4.74 Å². The van der Waals surface area contributed by atoms with Crippen molar-refractivity contribution in [1.29, 1.82) is 0 Å². The lowest BCUT2D eigenvalue weighted by atomic mass is 10.0. The summed E-state index contributed by atoms with van der Waals surface area (Å²) in [6, 6.07) is 7.20. The summed E-state index contributed by atoms with van der Waals surface area (Å²) in [7, 11) is 0. The molecule has 1 aliphatic heterocycles. The van der Waals surface area contributed by atoms with Crippen molar-refractivity contribution in [3.8, 4) is 0 Å². The van der Waals surface area contributed by atoms with Gasteiger partial charge in [0.05, 0.1) is 11.0 Å². The SMILES string of the molecule is CCC1CC(NCc2ccc([N+](=O)[O-])cc2)CCO1. The van der Waals surface area contributed by atoms with Gasteiger partial charge in [0.15, 0.2) is 0 Å². The minimum absolute atomic E-state index is 0.140. The third-order valence-corrected chi connectivity index (χ3v) is 3.56. The summed E-state index contributed by atoms with van der Waals surface area (Å²) in [6.07, 6.45) is 3.49. The Bertz CT molecular complexity index is 419. The van der Waals surface area contributed by atoms with E-state index in [9.17, 15) is 10.1 Å². The maximum absolute atomic E-state index is 10.6. The van der Waals surface area contributed by atoms with E-state index in [1.54, 1.807) is 12.1 Å². The molecule has 1 aromatic carbocycles. The Morgan fingerprint density at radius 1 is 1.42 bits per heavy atom. The highest BCUT2D eigenvalue weighted by atomic mass is 16.6. The largest absolute Gasteiger partial charge is 0.378 e. The highest BCUT2D eigenvalue weighted by Gasteiger charge is 2.20. The van der Waals surface area contributed by atoms with Crippen molar-refractivity contribution >= 4 is 5.69 Å². The first-order valence-corrected chi connectivity index (χ1v) is 6.77. The zero-order valence-electron chi connectivity index (χ0n) is 11.2. The Morgan fingerprint density at radius 3 is 2.79 bits per heavy atom. The van der Waals surface area contributed by atoms with E-state index < -0.39 is 0 Å². The lowest BCUT2D eigenvalue weighted by molar-refractivity contribution is -0.384. The highest BCUT2D eigenvalue weighted by Crippen LogP contribution is 2.17. The number of hydrogen-bond acceptors (Lipinski definition) is 4. The molecule has 0 amide bonds. The lowest BCUT2D eigenvalue weighted by Crippen LogP contribution is -2.38. The van der Waals surface area contributed by atoms with Crippen LogP contribution in [0.15, 0.2) is 24.3 Å². The van der Waals surface area contributed by atoms with Gasteiger partial charge in [-0.3, -0.25) is 10.1 Å². The highest BCUT2D eigenvalue weighted by molar-refractivity contribution is 5.32. The molecular formula is C14H20N2O3. The summed E-state index contributed by atoms with van der Waals surface area (Å²) in [6.45, 7) is 3.71. The second-order valence-electron chi connectivity index (χ2n) is 4.93. The number of hydrogen-bond donors (Lipinski definition) is 1. The standard InChI is InChI=1S/C14H20N2O3/c1-2-14-9-12(7-8-19-14)15-10-11-3-5-13(6-4-11)16(17)18/h3-6,12,14-15H,2,7-10H2,1H3. The van der Waals surface area contributed by atoms with Gasteiger partial charge in [-0.1, -0.05) is 19.1 Å². The Balaban J connectivity index is 1.83. The summed E-state index contributed by atoms with van der Waals surface area (Å²) in [5.41, 5.74) is 1.21. The van der Waals surface area contributed by atoms with Crippen LogP contribution in [0.5, 0.6) is 0 Å². The van der Waals surface area contributed by atoms with Crippen LogP contribution in [-0.2, 0) is 11.3 Å². The molecule has 1 saturated heterocycles. The molecule has 0 bridgehead atoms. The Hall–Kier alpha value is -1.46. The average molecular weight is 264 g/mol. The number of nitrogens with one attached hydrogen (secondary N) is 1. The van der Waals surface area contributed by atoms with Gasteiger partial charge in [0.25, 0.3) is 5.69 Å². The molecule has 5 heteroatoms. The zero-order valence-corrected chi connectivity index (χ0v) is 11.2. The van der Waals surface area contributed by atoms with Gasteiger partial charge in [0, 0.05) is 31.3 Å². The fourth-order valence-corrected chi connectivity index (χ4v) is 2.35. The Kier molecular flexibility index (Phi) is 4.87. The van der Waals surface area contributed by atoms with Crippen molar-refractivity contribution in [2.24, 2.45) is 0 Å². The number of nitrogens with zero attached hydrogens (tertiary/aromatic N) is 1. The van der Waals surface area contributed by atoms with Gasteiger partial charge in [0.1, 0.15) is 0 Å². The summed E-state index contributed by atoms with van der Waals surface area (Å²) < 4.78 is 5.64. The van der Waals surface area contributed by atoms with Crippen molar-refractivity contribution in [2.75, 3.05) is 6.61 Å². The Morgan fingerprint density at radius 2 is 2.16 bits per heavy atom. The average Bonchev–Trinajstić information content (AvgIpc) is 2.46. The third kappa shape index (κ3) is 4.01. The van der Waals surface area contributed by atoms with E-state index in [1.807, 2.05) is 12.1 Å². The normalized spacial score (nSPS) is 23.2. The monoisotopic (exact) mass is 264 g/mol. The molecule has 0 saturated carbocycles. The first kappa shape index (κ1) is 14.0. The molecule has 0 aromatic heterocycles. The fourth-order valence-electron chi connectivity index (χ4n) is 2.35. The van der Waals surface area contributed by atoms with Gasteiger partial charge in [-0.05, 0) is 24.8 Å². The first-order valence-electron chi connectivity index (χ1n) is 6.77. The number of ether oxygens (including phenoxy) is 1. The van der Waals surface area contributed by atoms with Crippen molar-refractivity contribution < 1.29 is 9.66 Å². The maximum atomic E-state index is 10.6. The van der Waals surface area contributed by atoms with Crippen LogP contribution in [0, 0.1) is 10.1 Å². The first-order chi connectivity index (χ1) is 9.19. The molecule has 2 unspecified atom stereocenters. The zero-order chi connectivity index (χ0) is 13.7. The predicted octanol–water partition coefficient (Wildman–Crippen LogP) is 2.64. The molecule has 1 aromatic rings. The lowest BCUT2D eigenvalue weighted by Gasteiger charge is -2.29. The molecule has 1 aliphatic rings. The molecular weight excluding hydrogens is 244 g/mol.